The summed E-state index contributed by atoms with van der Waals surface area (Å²) in [5, 5.41) is 6.00. The lowest BCUT2D eigenvalue weighted by atomic mass is 10.2. The van der Waals surface area contributed by atoms with E-state index in [1.54, 1.807) is 12.3 Å². The van der Waals surface area contributed by atoms with Gasteiger partial charge in [0.25, 0.3) is 0 Å². The summed E-state index contributed by atoms with van der Waals surface area (Å²) in [6, 6.07) is 1.77. The number of nitrogens with one attached hydrogen (secondary N) is 2. The van der Waals surface area contributed by atoms with Gasteiger partial charge in [-0.2, -0.15) is 0 Å². The smallest absolute Gasteiger partial charge is 0.237 e. The Kier molecular flexibility index (Phi) is 3.24. The molecule has 0 radical (unpaired) electrons. The Bertz CT molecular complexity index is 321. The number of carbonyl (C=O) groups is 1. The highest BCUT2D eigenvalue weighted by molar-refractivity contribution is 5.81. The molecule has 1 aliphatic rings. The summed E-state index contributed by atoms with van der Waals surface area (Å²) in [6.07, 6.45) is 5.15. The minimum atomic E-state index is -0.0214. The SMILES string of the molecule is O=C(NCc1ccncn1)[C@@H]1CCCN1. The number of nitrogens with zero attached hydrogens (tertiary/aromatic N) is 2. The maximum Gasteiger partial charge on any atom is 0.237 e. The van der Waals surface area contributed by atoms with Gasteiger partial charge in [-0.3, -0.25) is 4.79 Å². The Hall–Kier alpha value is -1.49. The lowest BCUT2D eigenvalue weighted by Crippen LogP contribution is -2.40. The van der Waals surface area contributed by atoms with E-state index in [9.17, 15) is 4.79 Å². The van der Waals surface area contributed by atoms with E-state index >= 15 is 0 Å². The third-order valence-electron chi connectivity index (χ3n) is 2.46. The maximum absolute atomic E-state index is 11.6. The largest absolute Gasteiger partial charge is 0.349 e. The minimum Gasteiger partial charge on any atom is -0.349 e. The molecule has 1 aromatic rings. The van der Waals surface area contributed by atoms with Crippen molar-refractivity contribution in [2.75, 3.05) is 6.54 Å². The quantitative estimate of drug-likeness (QED) is 0.721. The molecule has 1 fully saturated rings. The molecule has 1 saturated heterocycles. The highest BCUT2D eigenvalue weighted by Crippen LogP contribution is 2.04. The molecule has 1 amide bonds. The molecule has 0 bridgehead atoms. The number of hydrogen-bond acceptors (Lipinski definition) is 4. The van der Waals surface area contributed by atoms with Crippen molar-refractivity contribution in [3.8, 4) is 0 Å². The van der Waals surface area contributed by atoms with Crippen LogP contribution in [0, 0.1) is 0 Å². The van der Waals surface area contributed by atoms with Crippen molar-refractivity contribution in [3.05, 3.63) is 24.3 Å². The molecule has 2 heterocycles. The lowest BCUT2D eigenvalue weighted by molar-refractivity contribution is -0.122. The molecule has 1 aliphatic heterocycles. The molecular formula is C10H14N4O. The number of hydrogen-bond donors (Lipinski definition) is 2. The highest BCUT2D eigenvalue weighted by atomic mass is 16.2. The Morgan fingerprint density at radius 1 is 1.67 bits per heavy atom. The highest BCUT2D eigenvalue weighted by Gasteiger charge is 2.21. The van der Waals surface area contributed by atoms with Gasteiger partial charge in [0.2, 0.25) is 5.91 Å². The first-order valence-electron chi connectivity index (χ1n) is 5.12. The Labute approximate surface area is 88.3 Å². The van der Waals surface area contributed by atoms with Crippen molar-refractivity contribution in [2.24, 2.45) is 0 Å². The second-order valence-electron chi connectivity index (χ2n) is 3.57. The molecule has 2 N–H and O–H groups in total. The van der Waals surface area contributed by atoms with E-state index in [1.807, 2.05) is 0 Å². The predicted octanol–water partition coefficient (Wildman–Crippen LogP) is -0.155. The molecule has 1 aromatic heterocycles. The van der Waals surface area contributed by atoms with E-state index in [2.05, 4.69) is 20.6 Å². The summed E-state index contributed by atoms with van der Waals surface area (Å²) in [5.74, 6) is 0.0612. The van der Waals surface area contributed by atoms with E-state index in [0.29, 0.717) is 6.54 Å². The molecule has 80 valence electrons. The molecule has 0 aromatic carbocycles. The molecular weight excluding hydrogens is 192 g/mol. The molecule has 0 aliphatic carbocycles. The second-order valence-corrected chi connectivity index (χ2v) is 3.57. The van der Waals surface area contributed by atoms with Crippen molar-refractivity contribution < 1.29 is 4.79 Å². The van der Waals surface area contributed by atoms with E-state index < -0.39 is 0 Å². The van der Waals surface area contributed by atoms with Crippen LogP contribution in [0.4, 0.5) is 0 Å². The van der Waals surface area contributed by atoms with Crippen LogP contribution in [0.1, 0.15) is 18.5 Å². The molecule has 0 spiro atoms. The summed E-state index contributed by atoms with van der Waals surface area (Å²) < 4.78 is 0. The van der Waals surface area contributed by atoms with Crippen LogP contribution >= 0.6 is 0 Å². The summed E-state index contributed by atoms with van der Waals surface area (Å²) >= 11 is 0. The first-order valence-corrected chi connectivity index (χ1v) is 5.12. The number of amides is 1. The summed E-state index contributed by atoms with van der Waals surface area (Å²) in [7, 11) is 0. The first-order chi connectivity index (χ1) is 7.36. The molecule has 2 rings (SSSR count). The molecule has 0 saturated carbocycles. The van der Waals surface area contributed by atoms with Crippen LogP contribution in [0.2, 0.25) is 0 Å². The fraction of sp³-hybridized carbons (Fsp3) is 0.500. The zero-order valence-electron chi connectivity index (χ0n) is 8.44. The van der Waals surface area contributed by atoms with Crippen molar-refractivity contribution in [1.82, 2.24) is 20.6 Å². The van der Waals surface area contributed by atoms with Gasteiger partial charge >= 0.3 is 0 Å². The van der Waals surface area contributed by atoms with Crippen LogP contribution < -0.4 is 10.6 Å². The van der Waals surface area contributed by atoms with Crippen LogP contribution in [-0.4, -0.2) is 28.5 Å². The Morgan fingerprint density at radius 3 is 3.27 bits per heavy atom. The summed E-state index contributed by atoms with van der Waals surface area (Å²) in [5.41, 5.74) is 0.830. The van der Waals surface area contributed by atoms with Gasteiger partial charge in [0.1, 0.15) is 6.33 Å². The lowest BCUT2D eigenvalue weighted by Gasteiger charge is -2.10. The second kappa shape index (κ2) is 4.84. The van der Waals surface area contributed by atoms with Crippen LogP contribution in [-0.2, 0) is 11.3 Å². The van der Waals surface area contributed by atoms with Gasteiger partial charge < -0.3 is 10.6 Å². The van der Waals surface area contributed by atoms with E-state index in [1.165, 1.54) is 6.33 Å². The van der Waals surface area contributed by atoms with Crippen molar-refractivity contribution in [1.29, 1.82) is 0 Å². The number of carbonyl (C=O) groups excluding carboxylic acids is 1. The van der Waals surface area contributed by atoms with Gasteiger partial charge in [0.15, 0.2) is 0 Å². The number of aromatic nitrogens is 2. The molecule has 5 heteroatoms. The van der Waals surface area contributed by atoms with Gasteiger partial charge in [-0.25, -0.2) is 9.97 Å². The van der Waals surface area contributed by atoms with Gasteiger partial charge in [0, 0.05) is 6.20 Å². The van der Waals surface area contributed by atoms with Crippen LogP contribution in [0.15, 0.2) is 18.6 Å². The monoisotopic (exact) mass is 206 g/mol. The Balaban J connectivity index is 1.80. The van der Waals surface area contributed by atoms with Gasteiger partial charge in [-0.05, 0) is 25.5 Å². The topological polar surface area (TPSA) is 66.9 Å². The third kappa shape index (κ3) is 2.73. The predicted molar refractivity (Wildman–Crippen MR) is 54.9 cm³/mol. The van der Waals surface area contributed by atoms with Gasteiger partial charge in [-0.1, -0.05) is 0 Å². The standard InChI is InChI=1S/C10H14N4O/c15-10(9-2-1-4-12-9)13-6-8-3-5-11-7-14-8/h3,5,7,9,12H,1-2,4,6H2,(H,13,15)/t9-/m0/s1. The zero-order valence-corrected chi connectivity index (χ0v) is 8.44. The van der Waals surface area contributed by atoms with E-state index in [4.69, 9.17) is 0 Å². The van der Waals surface area contributed by atoms with Crippen LogP contribution in [0.3, 0.4) is 0 Å². The first kappa shape index (κ1) is 10.0. The number of rotatable bonds is 3. The third-order valence-corrected chi connectivity index (χ3v) is 2.46. The normalized spacial score (nSPS) is 20.1. The van der Waals surface area contributed by atoms with Crippen LogP contribution in [0.25, 0.3) is 0 Å². The van der Waals surface area contributed by atoms with Gasteiger partial charge in [-0.15, -0.1) is 0 Å². The molecule has 15 heavy (non-hydrogen) atoms. The van der Waals surface area contributed by atoms with Crippen molar-refractivity contribution in [2.45, 2.75) is 25.4 Å². The van der Waals surface area contributed by atoms with Crippen LogP contribution in [0.5, 0.6) is 0 Å². The minimum absolute atomic E-state index is 0.0214. The van der Waals surface area contributed by atoms with E-state index in [-0.39, 0.29) is 11.9 Å². The molecule has 5 nitrogen and oxygen atoms in total. The van der Waals surface area contributed by atoms with Crippen molar-refractivity contribution in [3.63, 3.8) is 0 Å². The average Bonchev–Trinajstić information content (AvgIpc) is 2.81. The summed E-state index contributed by atoms with van der Waals surface area (Å²) in [6.45, 7) is 1.41. The van der Waals surface area contributed by atoms with Gasteiger partial charge in [0.05, 0.1) is 18.3 Å². The average molecular weight is 206 g/mol. The zero-order chi connectivity index (χ0) is 10.5. The maximum atomic E-state index is 11.6. The fourth-order valence-electron chi connectivity index (χ4n) is 1.63. The summed E-state index contributed by atoms with van der Waals surface area (Å²) in [4.78, 5) is 19.4. The Morgan fingerprint density at radius 2 is 2.60 bits per heavy atom. The van der Waals surface area contributed by atoms with Crippen molar-refractivity contribution >= 4 is 5.91 Å². The fourth-order valence-corrected chi connectivity index (χ4v) is 1.63. The molecule has 1 atom stereocenters. The van der Waals surface area contributed by atoms with E-state index in [0.717, 1.165) is 25.1 Å². The molecule has 0 unspecified atom stereocenters.